The van der Waals surface area contributed by atoms with Crippen LogP contribution < -0.4 is 42.0 Å². The summed E-state index contributed by atoms with van der Waals surface area (Å²) in [4.78, 5) is 4.70. The zero-order chi connectivity index (χ0) is 45.4. The molecule has 3 aromatic heterocycles. The summed E-state index contributed by atoms with van der Waals surface area (Å²) in [6.07, 6.45) is 0. The fourth-order valence-corrected chi connectivity index (χ4v) is 11.3. The first-order chi connectivity index (χ1) is 31.0. The minimum Gasteiger partial charge on any atom is -0.573 e. The first kappa shape index (κ1) is 49.8. The largest absolute Gasteiger partial charge is 2.00 e. The van der Waals surface area contributed by atoms with Gasteiger partial charge in [-0.2, -0.15) is 0 Å². The van der Waals surface area contributed by atoms with E-state index in [9.17, 15) is 0 Å². The van der Waals surface area contributed by atoms with Gasteiger partial charge in [-0.05, 0) is 59.8 Å². The third-order valence-corrected chi connectivity index (χ3v) is 14.9. The standard InChI is InChI=1S/C19H23N5.2C18H15P.N2.Ru/c1-18(2,3)16-10-14(21-23-16)12-8-7-9-13(20-12)15-11-17(24-22-15)19(4,5)6;2*1-4-10-16(11-5-1)19(17-12-6-2-7-13-17)18-14-8-3-9-15-18;1-2;/h7-11H,1-6H3;2*1-15H;;/q-2;;;;+2. The van der Waals surface area contributed by atoms with Gasteiger partial charge in [0, 0.05) is 33.0 Å². The van der Waals surface area contributed by atoms with E-state index < -0.39 is 15.8 Å². The first-order valence-electron chi connectivity index (χ1n) is 21.1. The summed E-state index contributed by atoms with van der Waals surface area (Å²) in [5.74, 6) is 0. The molecule has 0 unspecified atom stereocenters. The van der Waals surface area contributed by atoms with Gasteiger partial charge in [-0.1, -0.05) is 253 Å². The fraction of sp³-hybridized carbons (Fsp3) is 0.145. The molecule has 9 rings (SSSR count). The Morgan fingerprint density at radius 3 is 0.785 bits per heavy atom. The molecule has 0 aliphatic rings. The predicted molar refractivity (Wildman–Crippen MR) is 268 cm³/mol. The maximum absolute atomic E-state index is 6.00. The number of nitrogens with zero attached hydrogens (tertiary/aromatic N) is 7. The van der Waals surface area contributed by atoms with Crippen molar-refractivity contribution >= 4 is 47.7 Å². The second kappa shape index (κ2) is 24.2. The molecular formula is C55H53N7P2Ru. The van der Waals surface area contributed by atoms with Crippen molar-refractivity contribution in [1.82, 2.24) is 25.4 Å². The van der Waals surface area contributed by atoms with Crippen LogP contribution in [0.4, 0.5) is 0 Å². The molecule has 9 aromatic rings. The molecule has 3 heterocycles. The Morgan fingerprint density at radius 1 is 0.354 bits per heavy atom. The topological polar surface area (TPSA) is 114 Å². The molecule has 0 saturated carbocycles. The second-order valence-electron chi connectivity index (χ2n) is 16.8. The van der Waals surface area contributed by atoms with E-state index >= 15 is 0 Å². The van der Waals surface area contributed by atoms with Crippen LogP contribution >= 0.6 is 15.8 Å². The Bertz CT molecular complexity index is 2380. The molecule has 10 heteroatoms. The van der Waals surface area contributed by atoms with E-state index in [0.717, 1.165) is 34.2 Å². The summed E-state index contributed by atoms with van der Waals surface area (Å²) >= 11 is 0. The van der Waals surface area contributed by atoms with Crippen LogP contribution in [-0.2, 0) is 30.3 Å². The smallest absolute Gasteiger partial charge is 0.573 e. The van der Waals surface area contributed by atoms with Crippen LogP contribution in [0.3, 0.4) is 0 Å². The first-order valence-corrected chi connectivity index (χ1v) is 23.8. The van der Waals surface area contributed by atoms with E-state index in [0.29, 0.717) is 0 Å². The second-order valence-corrected chi connectivity index (χ2v) is 21.3. The molecule has 6 aromatic carbocycles. The molecule has 7 nitrogen and oxygen atoms in total. The summed E-state index contributed by atoms with van der Waals surface area (Å²) in [5, 5.41) is 37.5. The van der Waals surface area contributed by atoms with Crippen LogP contribution in [0.25, 0.3) is 22.8 Å². The summed E-state index contributed by atoms with van der Waals surface area (Å²) in [5.41, 5.74) is 5.06. The number of benzene rings is 6. The molecule has 0 N–H and O–H groups in total. The summed E-state index contributed by atoms with van der Waals surface area (Å²) in [7, 11) is -0.892. The molecule has 0 bridgehead atoms. The average Bonchev–Trinajstić information content (AvgIpc) is 4.06. The molecule has 0 spiro atoms. The van der Waals surface area contributed by atoms with Gasteiger partial charge < -0.3 is 20.4 Å². The molecule has 65 heavy (non-hydrogen) atoms. The maximum Gasteiger partial charge on any atom is 2.00 e. The number of hydrogen-bond donors (Lipinski definition) is 0. The Morgan fingerprint density at radius 2 is 0.585 bits per heavy atom. The van der Waals surface area contributed by atoms with Crippen molar-refractivity contribution in [3.8, 4) is 22.8 Å². The van der Waals surface area contributed by atoms with Gasteiger partial charge in [0.2, 0.25) is 0 Å². The van der Waals surface area contributed by atoms with Gasteiger partial charge >= 0.3 is 19.5 Å². The fourth-order valence-electron chi connectivity index (χ4n) is 6.65. The maximum atomic E-state index is 6.00. The third kappa shape index (κ3) is 13.9. The average molecular weight is 975 g/mol. The minimum atomic E-state index is -0.446. The van der Waals surface area contributed by atoms with Gasteiger partial charge in [0.1, 0.15) is 0 Å². The Labute approximate surface area is 399 Å². The van der Waals surface area contributed by atoms with E-state index in [2.05, 4.69) is 244 Å². The molecule has 0 atom stereocenters. The van der Waals surface area contributed by atoms with Crippen LogP contribution in [0, 0.1) is 10.8 Å². The number of aromatic nitrogens is 5. The van der Waals surface area contributed by atoms with Crippen molar-refractivity contribution in [2.24, 2.45) is 0 Å². The van der Waals surface area contributed by atoms with Crippen LogP contribution in [0.15, 0.2) is 212 Å². The molecule has 0 saturated heterocycles. The zero-order valence-corrected chi connectivity index (χ0v) is 41.1. The number of pyridine rings is 1. The van der Waals surface area contributed by atoms with E-state index in [1.165, 1.54) is 31.8 Å². The van der Waals surface area contributed by atoms with E-state index in [1.54, 1.807) is 0 Å². The normalized spacial score (nSPS) is 10.9. The monoisotopic (exact) mass is 975 g/mol. The van der Waals surface area contributed by atoms with Gasteiger partial charge in [0.25, 0.3) is 0 Å². The Hall–Kier alpha value is -6.21. The van der Waals surface area contributed by atoms with Gasteiger partial charge in [0.15, 0.2) is 0 Å². The predicted octanol–water partition coefficient (Wildman–Crippen LogP) is 10.6. The van der Waals surface area contributed by atoms with E-state index in [-0.39, 0.29) is 30.3 Å². The van der Waals surface area contributed by atoms with E-state index in [4.69, 9.17) is 15.8 Å². The minimum absolute atomic E-state index is 0. The quantitative estimate of drug-likeness (QED) is 0.0846. The van der Waals surface area contributed by atoms with Gasteiger partial charge in [-0.25, -0.2) is 0 Å². The molecular weight excluding hydrogens is 922 g/mol. The van der Waals surface area contributed by atoms with Crippen molar-refractivity contribution < 1.29 is 19.5 Å². The summed E-state index contributed by atoms with van der Waals surface area (Å²) in [6.45, 7) is 12.7. The molecule has 0 fully saturated rings. The van der Waals surface area contributed by atoms with Crippen molar-refractivity contribution in [2.75, 3.05) is 0 Å². The molecule has 0 aliphatic carbocycles. The molecule has 0 aliphatic heterocycles. The van der Waals surface area contributed by atoms with Crippen LogP contribution in [-0.4, -0.2) is 15.2 Å². The SMILES string of the molecule is CC(C)(C)c1cc(-c2cccc(-c3cc(C(C)(C)C)n[n-]3)n2)[n-]n1.N#N.[Ru+2].c1ccc(P(c2ccccc2)c2ccccc2)cc1.c1ccc(P(c2ccccc2)c2ccccc2)cc1. The summed E-state index contributed by atoms with van der Waals surface area (Å²) < 4.78 is 0. The molecule has 0 amide bonds. The van der Waals surface area contributed by atoms with Crippen LogP contribution in [0.1, 0.15) is 52.9 Å². The molecule has 326 valence electrons. The molecule has 0 radical (unpaired) electrons. The van der Waals surface area contributed by atoms with Crippen molar-refractivity contribution in [1.29, 1.82) is 10.8 Å². The number of hydrogen-bond acceptors (Lipinski definition) is 5. The van der Waals surface area contributed by atoms with Gasteiger partial charge in [-0.15, -0.1) is 0 Å². The third-order valence-electron chi connectivity index (χ3n) is 9.97. The van der Waals surface area contributed by atoms with Crippen molar-refractivity contribution in [3.63, 3.8) is 0 Å². The van der Waals surface area contributed by atoms with E-state index in [1.807, 2.05) is 30.3 Å². The van der Waals surface area contributed by atoms with Crippen molar-refractivity contribution in [2.45, 2.75) is 52.4 Å². The number of rotatable bonds is 8. The van der Waals surface area contributed by atoms with Gasteiger partial charge in [-0.3, -0.25) is 4.98 Å². The van der Waals surface area contributed by atoms with Crippen LogP contribution in [0.5, 0.6) is 0 Å². The van der Waals surface area contributed by atoms with Crippen LogP contribution in [0.2, 0.25) is 0 Å². The van der Waals surface area contributed by atoms with Crippen molar-refractivity contribution in [3.05, 3.63) is 224 Å². The Balaban J connectivity index is 0.000000180. The Kier molecular flexibility index (Phi) is 18.5. The summed E-state index contributed by atoms with van der Waals surface area (Å²) in [6, 6.07) is 74.5. The van der Waals surface area contributed by atoms with Gasteiger partial charge in [0.05, 0.1) is 11.4 Å². The zero-order valence-electron chi connectivity index (χ0n) is 37.6.